The van der Waals surface area contributed by atoms with E-state index >= 15 is 0 Å². The Morgan fingerprint density at radius 3 is 3.00 bits per heavy atom. The summed E-state index contributed by atoms with van der Waals surface area (Å²) < 4.78 is 5.16. The Morgan fingerprint density at radius 1 is 1.61 bits per heavy atom. The number of ether oxygens (including phenoxy) is 1. The average molecular weight is 250 g/mol. The Labute approximate surface area is 106 Å². The van der Waals surface area contributed by atoms with E-state index in [0.717, 1.165) is 5.56 Å². The highest BCUT2D eigenvalue weighted by Gasteiger charge is 2.38. The van der Waals surface area contributed by atoms with Crippen molar-refractivity contribution in [1.29, 1.82) is 0 Å². The molecule has 1 heterocycles. The van der Waals surface area contributed by atoms with Crippen LogP contribution in [0.15, 0.2) is 24.3 Å². The molecule has 0 saturated carbocycles. The molecule has 0 radical (unpaired) electrons. The van der Waals surface area contributed by atoms with Crippen LogP contribution in [-0.2, 0) is 9.53 Å². The van der Waals surface area contributed by atoms with Gasteiger partial charge in [-0.25, -0.2) is 0 Å². The highest BCUT2D eigenvalue weighted by atomic mass is 16.5. The number of phenols is 1. The van der Waals surface area contributed by atoms with Gasteiger partial charge in [0.2, 0.25) is 5.91 Å². The lowest BCUT2D eigenvalue weighted by Crippen LogP contribution is -2.54. The van der Waals surface area contributed by atoms with Gasteiger partial charge >= 0.3 is 0 Å². The lowest BCUT2D eigenvalue weighted by Gasteiger charge is -2.24. The van der Waals surface area contributed by atoms with Gasteiger partial charge in [0, 0.05) is 6.61 Å². The minimum Gasteiger partial charge on any atom is -0.508 e. The molecule has 5 nitrogen and oxygen atoms in total. The molecule has 1 aromatic carbocycles. The summed E-state index contributed by atoms with van der Waals surface area (Å²) in [6, 6.07) is 6.60. The van der Waals surface area contributed by atoms with Crippen LogP contribution in [0, 0.1) is 0 Å². The maximum absolute atomic E-state index is 12.1. The molecule has 1 fully saturated rings. The number of phenolic OH excluding ortho intramolecular Hbond substituents is 1. The van der Waals surface area contributed by atoms with E-state index in [1.165, 1.54) is 0 Å². The molecule has 5 heteroatoms. The van der Waals surface area contributed by atoms with Gasteiger partial charge in [0.25, 0.3) is 0 Å². The van der Waals surface area contributed by atoms with Crippen molar-refractivity contribution in [3.8, 4) is 5.75 Å². The number of benzene rings is 1. The van der Waals surface area contributed by atoms with Gasteiger partial charge in [0.05, 0.1) is 12.6 Å². The molecule has 1 aliphatic rings. The zero-order valence-corrected chi connectivity index (χ0v) is 10.3. The Kier molecular flexibility index (Phi) is 3.54. The van der Waals surface area contributed by atoms with Crippen LogP contribution in [0.25, 0.3) is 0 Å². The van der Waals surface area contributed by atoms with Crippen LogP contribution in [0.2, 0.25) is 0 Å². The van der Waals surface area contributed by atoms with Crippen LogP contribution < -0.4 is 11.1 Å². The third kappa shape index (κ3) is 2.63. The van der Waals surface area contributed by atoms with E-state index in [4.69, 9.17) is 10.5 Å². The smallest absolute Gasteiger partial charge is 0.243 e. The number of aromatic hydroxyl groups is 1. The van der Waals surface area contributed by atoms with Crippen molar-refractivity contribution in [3.05, 3.63) is 29.8 Å². The first-order valence-electron chi connectivity index (χ1n) is 5.98. The molecule has 0 aromatic heterocycles. The summed E-state index contributed by atoms with van der Waals surface area (Å²) in [5.41, 5.74) is 5.89. The molecule has 1 aromatic rings. The van der Waals surface area contributed by atoms with E-state index in [9.17, 15) is 9.90 Å². The van der Waals surface area contributed by atoms with Gasteiger partial charge in [0.15, 0.2) is 0 Å². The first kappa shape index (κ1) is 12.9. The summed E-state index contributed by atoms with van der Waals surface area (Å²) in [6.45, 7) is 2.63. The average Bonchev–Trinajstić information content (AvgIpc) is 2.77. The highest BCUT2D eigenvalue weighted by molar-refractivity contribution is 5.86. The molecule has 1 amide bonds. The van der Waals surface area contributed by atoms with Gasteiger partial charge < -0.3 is 20.9 Å². The quantitative estimate of drug-likeness (QED) is 0.736. The monoisotopic (exact) mass is 250 g/mol. The zero-order valence-electron chi connectivity index (χ0n) is 10.3. The first-order valence-corrected chi connectivity index (χ1v) is 5.98. The number of hydrogen-bond acceptors (Lipinski definition) is 4. The Bertz CT molecular complexity index is 442. The standard InChI is InChI=1S/C13H18N2O3/c1-9(10-3-2-4-11(16)7-10)15-12(17)13(14)5-6-18-8-13/h2-4,7,9,16H,5-6,8,14H2,1H3,(H,15,17). The molecule has 18 heavy (non-hydrogen) atoms. The SMILES string of the molecule is CC(NC(=O)C1(N)CCOC1)c1cccc(O)c1. The predicted octanol–water partition coefficient (Wildman–Crippen LogP) is 0.687. The second-order valence-corrected chi connectivity index (χ2v) is 4.75. The largest absolute Gasteiger partial charge is 0.508 e. The number of hydrogen-bond donors (Lipinski definition) is 3. The van der Waals surface area contributed by atoms with Gasteiger partial charge in [-0.05, 0) is 31.0 Å². The number of amides is 1. The number of carbonyl (C=O) groups is 1. The summed E-state index contributed by atoms with van der Waals surface area (Å²) in [4.78, 5) is 12.1. The summed E-state index contributed by atoms with van der Waals surface area (Å²) in [5, 5.41) is 12.3. The Hall–Kier alpha value is -1.59. The van der Waals surface area contributed by atoms with Crippen molar-refractivity contribution in [3.63, 3.8) is 0 Å². The maximum Gasteiger partial charge on any atom is 0.243 e. The summed E-state index contributed by atoms with van der Waals surface area (Å²) >= 11 is 0. The van der Waals surface area contributed by atoms with Gasteiger partial charge in [-0.2, -0.15) is 0 Å². The lowest BCUT2D eigenvalue weighted by atomic mass is 9.98. The van der Waals surface area contributed by atoms with Crippen LogP contribution in [0.1, 0.15) is 24.9 Å². The molecule has 0 spiro atoms. The van der Waals surface area contributed by atoms with Crippen LogP contribution in [0.4, 0.5) is 0 Å². The summed E-state index contributed by atoms with van der Waals surface area (Å²) in [5.74, 6) is -0.0314. The maximum atomic E-state index is 12.1. The molecule has 1 saturated heterocycles. The molecule has 0 bridgehead atoms. The molecule has 2 atom stereocenters. The summed E-state index contributed by atoms with van der Waals surface area (Å²) in [6.07, 6.45) is 0.533. The van der Waals surface area contributed by atoms with E-state index in [2.05, 4.69) is 5.32 Å². The van der Waals surface area contributed by atoms with Gasteiger partial charge in [-0.15, -0.1) is 0 Å². The van der Waals surface area contributed by atoms with Crippen LogP contribution in [0.5, 0.6) is 5.75 Å². The van der Waals surface area contributed by atoms with Crippen molar-refractivity contribution in [2.75, 3.05) is 13.2 Å². The first-order chi connectivity index (χ1) is 8.51. The normalized spacial score (nSPS) is 24.8. The van der Waals surface area contributed by atoms with Crippen molar-refractivity contribution >= 4 is 5.91 Å². The highest BCUT2D eigenvalue weighted by Crippen LogP contribution is 2.20. The third-order valence-corrected chi connectivity index (χ3v) is 3.22. The van der Waals surface area contributed by atoms with Crippen molar-refractivity contribution < 1.29 is 14.6 Å². The number of nitrogens with two attached hydrogens (primary N) is 1. The van der Waals surface area contributed by atoms with Crippen molar-refractivity contribution in [1.82, 2.24) is 5.32 Å². The van der Waals surface area contributed by atoms with Crippen molar-refractivity contribution in [2.24, 2.45) is 5.73 Å². The van der Waals surface area contributed by atoms with E-state index in [1.54, 1.807) is 18.2 Å². The van der Waals surface area contributed by atoms with Crippen LogP contribution >= 0.6 is 0 Å². The fourth-order valence-corrected chi connectivity index (χ4v) is 1.98. The molecule has 4 N–H and O–H groups in total. The molecule has 2 rings (SSSR count). The van der Waals surface area contributed by atoms with Gasteiger partial charge in [0.1, 0.15) is 11.3 Å². The Balaban J connectivity index is 2.03. The molecule has 98 valence electrons. The van der Waals surface area contributed by atoms with Gasteiger partial charge in [-0.1, -0.05) is 12.1 Å². The molecule has 2 unspecified atom stereocenters. The number of nitrogens with one attached hydrogen (secondary N) is 1. The predicted molar refractivity (Wildman–Crippen MR) is 67.0 cm³/mol. The lowest BCUT2D eigenvalue weighted by molar-refractivity contribution is -0.127. The van der Waals surface area contributed by atoms with E-state index in [1.807, 2.05) is 13.0 Å². The minimum absolute atomic E-state index is 0.181. The third-order valence-electron chi connectivity index (χ3n) is 3.22. The molecule has 0 aliphatic carbocycles. The molecular formula is C13H18N2O3. The van der Waals surface area contributed by atoms with Crippen LogP contribution in [0.3, 0.4) is 0 Å². The second-order valence-electron chi connectivity index (χ2n) is 4.75. The fraction of sp³-hybridized carbons (Fsp3) is 0.462. The molecule has 1 aliphatic heterocycles. The number of carbonyl (C=O) groups excluding carboxylic acids is 1. The minimum atomic E-state index is -0.926. The number of rotatable bonds is 3. The van der Waals surface area contributed by atoms with Crippen molar-refractivity contribution in [2.45, 2.75) is 24.9 Å². The molecular weight excluding hydrogens is 232 g/mol. The topological polar surface area (TPSA) is 84.6 Å². The summed E-state index contributed by atoms with van der Waals surface area (Å²) in [7, 11) is 0. The fourth-order valence-electron chi connectivity index (χ4n) is 1.98. The van der Waals surface area contributed by atoms with Gasteiger partial charge in [-0.3, -0.25) is 4.79 Å². The van der Waals surface area contributed by atoms with E-state index in [-0.39, 0.29) is 24.3 Å². The Morgan fingerprint density at radius 2 is 2.39 bits per heavy atom. The van der Waals surface area contributed by atoms with E-state index < -0.39 is 5.54 Å². The van der Waals surface area contributed by atoms with Crippen LogP contribution in [-0.4, -0.2) is 29.8 Å². The zero-order chi connectivity index (χ0) is 13.2. The second kappa shape index (κ2) is 4.96. The van der Waals surface area contributed by atoms with E-state index in [0.29, 0.717) is 13.0 Å².